The van der Waals surface area contributed by atoms with Crippen LogP contribution in [0, 0.1) is 0 Å². The van der Waals surface area contributed by atoms with Crippen LogP contribution in [0.25, 0.3) is 0 Å². The first kappa shape index (κ1) is 17.6. The molecule has 3 N–H and O–H groups in total. The third-order valence-electron chi connectivity index (χ3n) is 4.14. The molecule has 0 spiro atoms. The zero-order chi connectivity index (χ0) is 17.1. The Hall–Kier alpha value is -1.75. The fraction of sp³-hybridized carbons (Fsp3) is 0.611. The highest BCUT2D eigenvalue weighted by Gasteiger charge is 2.32. The van der Waals surface area contributed by atoms with Gasteiger partial charge in [0.05, 0.1) is 12.8 Å². The van der Waals surface area contributed by atoms with E-state index in [9.17, 15) is 4.79 Å². The van der Waals surface area contributed by atoms with E-state index >= 15 is 0 Å². The fourth-order valence-corrected chi connectivity index (χ4v) is 3.05. The maximum atomic E-state index is 12.2. The van der Waals surface area contributed by atoms with Crippen molar-refractivity contribution in [3.05, 3.63) is 23.8 Å². The summed E-state index contributed by atoms with van der Waals surface area (Å²) in [7, 11) is 1.60. The lowest BCUT2D eigenvalue weighted by Crippen LogP contribution is -2.39. The number of hydrogen-bond acceptors (Lipinski definition) is 4. The number of carbonyl (C=O) groups is 1. The van der Waals surface area contributed by atoms with Crippen molar-refractivity contribution in [3.8, 4) is 5.75 Å². The molecule has 0 aliphatic heterocycles. The van der Waals surface area contributed by atoms with Crippen molar-refractivity contribution in [2.24, 2.45) is 5.73 Å². The molecule has 128 valence electrons. The summed E-state index contributed by atoms with van der Waals surface area (Å²) in [6.07, 6.45) is 4.78. The molecule has 0 saturated heterocycles. The van der Waals surface area contributed by atoms with Gasteiger partial charge in [-0.1, -0.05) is 25.3 Å². The number of carbonyl (C=O) groups excluding carboxylic acids is 1. The van der Waals surface area contributed by atoms with E-state index in [-0.39, 0.29) is 0 Å². The molecule has 2 rings (SSSR count). The average Bonchev–Trinajstić information content (AvgIpc) is 2.45. The van der Waals surface area contributed by atoms with Gasteiger partial charge in [0, 0.05) is 11.6 Å². The van der Waals surface area contributed by atoms with E-state index in [1.165, 1.54) is 6.42 Å². The molecule has 1 amide bonds. The Bertz CT molecular complexity index is 558. The summed E-state index contributed by atoms with van der Waals surface area (Å²) in [6.45, 7) is 5.51. The maximum absolute atomic E-state index is 12.2. The number of nitrogens with one attached hydrogen (secondary N) is 1. The number of benzene rings is 1. The SMILES string of the molecule is COc1ccc(C2(N)CCCCC2)c(NC(=O)OC(C)(C)C)c1. The Morgan fingerprint density at radius 1 is 1.22 bits per heavy atom. The van der Waals surface area contributed by atoms with E-state index in [1.54, 1.807) is 7.11 Å². The molecule has 5 heteroatoms. The molecule has 0 unspecified atom stereocenters. The quantitative estimate of drug-likeness (QED) is 0.877. The second-order valence-electron chi connectivity index (χ2n) is 7.26. The van der Waals surface area contributed by atoms with Crippen molar-refractivity contribution in [1.29, 1.82) is 0 Å². The molecule has 1 aromatic rings. The van der Waals surface area contributed by atoms with Crippen LogP contribution in [0.1, 0.15) is 58.4 Å². The molecule has 0 atom stereocenters. The van der Waals surface area contributed by atoms with Crippen LogP contribution in [0.15, 0.2) is 18.2 Å². The molecule has 1 aromatic carbocycles. The number of amides is 1. The van der Waals surface area contributed by atoms with E-state index in [1.807, 2.05) is 39.0 Å². The van der Waals surface area contributed by atoms with Gasteiger partial charge in [0.1, 0.15) is 11.4 Å². The van der Waals surface area contributed by atoms with E-state index in [0.717, 1.165) is 31.2 Å². The van der Waals surface area contributed by atoms with Crippen molar-refractivity contribution < 1.29 is 14.3 Å². The zero-order valence-corrected chi connectivity index (χ0v) is 14.6. The predicted molar refractivity (Wildman–Crippen MR) is 91.8 cm³/mol. The van der Waals surface area contributed by atoms with Gasteiger partial charge in [-0.05, 0) is 45.2 Å². The summed E-state index contributed by atoms with van der Waals surface area (Å²) in [4.78, 5) is 12.2. The molecule has 1 aliphatic rings. The second kappa shape index (κ2) is 6.79. The van der Waals surface area contributed by atoms with Crippen LogP contribution in [0.4, 0.5) is 10.5 Å². The molecule has 1 saturated carbocycles. The summed E-state index contributed by atoms with van der Waals surface area (Å²) in [5.41, 5.74) is 7.31. The Balaban J connectivity index is 2.30. The summed E-state index contributed by atoms with van der Waals surface area (Å²) >= 11 is 0. The molecule has 5 nitrogen and oxygen atoms in total. The van der Waals surface area contributed by atoms with Crippen molar-refractivity contribution >= 4 is 11.8 Å². The number of rotatable bonds is 3. The van der Waals surface area contributed by atoms with Crippen LogP contribution in [0.5, 0.6) is 5.75 Å². The largest absolute Gasteiger partial charge is 0.497 e. The Labute approximate surface area is 138 Å². The van der Waals surface area contributed by atoms with Crippen molar-refractivity contribution in [1.82, 2.24) is 0 Å². The first-order valence-electron chi connectivity index (χ1n) is 8.21. The first-order chi connectivity index (χ1) is 10.7. The highest BCUT2D eigenvalue weighted by molar-refractivity contribution is 5.86. The van der Waals surface area contributed by atoms with Gasteiger partial charge in [-0.3, -0.25) is 5.32 Å². The highest BCUT2D eigenvalue weighted by Crippen LogP contribution is 2.39. The molecule has 0 heterocycles. The van der Waals surface area contributed by atoms with E-state index in [2.05, 4.69) is 5.32 Å². The summed E-state index contributed by atoms with van der Waals surface area (Å²) in [5, 5.41) is 2.84. The standard InChI is InChI=1S/C18H28N2O3/c1-17(2,3)23-16(21)20-15-12-13(22-4)8-9-14(15)18(19)10-6-5-7-11-18/h8-9,12H,5-7,10-11,19H2,1-4H3,(H,20,21). The second-order valence-corrected chi connectivity index (χ2v) is 7.26. The van der Waals surface area contributed by atoms with Gasteiger partial charge in [-0.15, -0.1) is 0 Å². The normalized spacial score (nSPS) is 17.4. The van der Waals surface area contributed by atoms with Gasteiger partial charge in [0.2, 0.25) is 0 Å². The summed E-state index contributed by atoms with van der Waals surface area (Å²) < 4.78 is 10.6. The van der Waals surface area contributed by atoms with Crippen LogP contribution in [0.3, 0.4) is 0 Å². The summed E-state index contributed by atoms with van der Waals surface area (Å²) in [6, 6.07) is 5.65. The Morgan fingerprint density at radius 2 is 1.87 bits per heavy atom. The topological polar surface area (TPSA) is 73.6 Å². The van der Waals surface area contributed by atoms with E-state index in [4.69, 9.17) is 15.2 Å². The van der Waals surface area contributed by atoms with Gasteiger partial charge < -0.3 is 15.2 Å². The minimum Gasteiger partial charge on any atom is -0.497 e. The lowest BCUT2D eigenvalue weighted by molar-refractivity contribution is 0.0635. The van der Waals surface area contributed by atoms with Crippen molar-refractivity contribution in [3.63, 3.8) is 0 Å². The third kappa shape index (κ3) is 4.61. The van der Waals surface area contributed by atoms with Crippen LogP contribution in [0.2, 0.25) is 0 Å². The predicted octanol–water partition coefficient (Wildman–Crippen LogP) is 4.16. The molecule has 0 bridgehead atoms. The number of nitrogens with two attached hydrogens (primary N) is 1. The highest BCUT2D eigenvalue weighted by atomic mass is 16.6. The Morgan fingerprint density at radius 3 is 2.43 bits per heavy atom. The minimum atomic E-state index is -0.547. The smallest absolute Gasteiger partial charge is 0.412 e. The number of methoxy groups -OCH3 is 1. The molecule has 1 aliphatic carbocycles. The van der Waals surface area contributed by atoms with Crippen LogP contribution in [-0.2, 0) is 10.3 Å². The van der Waals surface area contributed by atoms with Crippen molar-refractivity contribution in [2.75, 3.05) is 12.4 Å². The van der Waals surface area contributed by atoms with E-state index < -0.39 is 17.2 Å². The minimum absolute atomic E-state index is 0.408. The van der Waals surface area contributed by atoms with Gasteiger partial charge in [0.15, 0.2) is 0 Å². The lowest BCUT2D eigenvalue weighted by atomic mass is 9.77. The van der Waals surface area contributed by atoms with Crippen molar-refractivity contribution in [2.45, 2.75) is 64.0 Å². The Kier molecular flexibility index (Phi) is 5.19. The molecule has 0 aromatic heterocycles. The molecule has 23 heavy (non-hydrogen) atoms. The molecular weight excluding hydrogens is 292 g/mol. The monoisotopic (exact) mass is 320 g/mol. The average molecular weight is 320 g/mol. The van der Waals surface area contributed by atoms with Crippen LogP contribution >= 0.6 is 0 Å². The molecule has 1 fully saturated rings. The first-order valence-corrected chi connectivity index (χ1v) is 8.21. The lowest BCUT2D eigenvalue weighted by Gasteiger charge is -2.35. The van der Waals surface area contributed by atoms with Crippen LogP contribution < -0.4 is 15.8 Å². The number of anilines is 1. The number of ether oxygens (including phenoxy) is 2. The van der Waals surface area contributed by atoms with Crippen LogP contribution in [-0.4, -0.2) is 18.8 Å². The fourth-order valence-electron chi connectivity index (χ4n) is 3.05. The molecular formula is C18H28N2O3. The van der Waals surface area contributed by atoms with E-state index in [0.29, 0.717) is 11.4 Å². The maximum Gasteiger partial charge on any atom is 0.412 e. The molecule has 0 radical (unpaired) electrons. The number of hydrogen-bond donors (Lipinski definition) is 2. The summed E-state index contributed by atoms with van der Waals surface area (Å²) in [5.74, 6) is 0.680. The third-order valence-corrected chi connectivity index (χ3v) is 4.14. The zero-order valence-electron chi connectivity index (χ0n) is 14.6. The van der Waals surface area contributed by atoms with Gasteiger partial charge in [0.25, 0.3) is 0 Å². The van der Waals surface area contributed by atoms with Gasteiger partial charge in [-0.25, -0.2) is 4.79 Å². The van der Waals surface area contributed by atoms with Gasteiger partial charge >= 0.3 is 6.09 Å². The van der Waals surface area contributed by atoms with Gasteiger partial charge in [-0.2, -0.15) is 0 Å².